The molecule has 1 amide bonds. The molecule has 1 N–H and O–H groups in total. The highest BCUT2D eigenvalue weighted by atomic mass is 19.4. The molecule has 0 bridgehead atoms. The van der Waals surface area contributed by atoms with Crippen LogP contribution in [0.2, 0.25) is 0 Å². The number of pyridine rings is 1. The molecule has 0 radical (unpaired) electrons. The number of likely N-dealkylation sites (tertiary alicyclic amines) is 1. The summed E-state index contributed by atoms with van der Waals surface area (Å²) in [5, 5.41) is 10.9. The second-order valence-corrected chi connectivity index (χ2v) is 7.07. The molecule has 9 nitrogen and oxygen atoms in total. The third kappa shape index (κ3) is 5.33. The Morgan fingerprint density at radius 3 is 2.66 bits per heavy atom. The Kier molecular flexibility index (Phi) is 6.96. The summed E-state index contributed by atoms with van der Waals surface area (Å²) in [7, 11) is 0. The van der Waals surface area contributed by atoms with Gasteiger partial charge in [0.2, 0.25) is 0 Å². The summed E-state index contributed by atoms with van der Waals surface area (Å²) >= 11 is 0. The third-order valence-corrected chi connectivity index (χ3v) is 4.82. The van der Waals surface area contributed by atoms with Crippen LogP contribution in [0.1, 0.15) is 29.1 Å². The van der Waals surface area contributed by atoms with Crippen LogP contribution in [-0.2, 0) is 9.53 Å². The zero-order valence-electron chi connectivity index (χ0n) is 16.7. The number of rotatable bonds is 3. The van der Waals surface area contributed by atoms with E-state index in [1.165, 1.54) is 18.3 Å². The van der Waals surface area contributed by atoms with Gasteiger partial charge in [-0.25, -0.2) is 14.2 Å². The number of hydrogen-bond acceptors (Lipinski definition) is 7. The van der Waals surface area contributed by atoms with E-state index in [-0.39, 0.29) is 36.2 Å². The number of hydrogen-bond donors (Lipinski definition) is 1. The van der Waals surface area contributed by atoms with Crippen LogP contribution >= 0.6 is 0 Å². The number of amides is 1. The number of carboxylic acid groups (broad SMARTS) is 1. The Balaban J connectivity index is 0.000000360. The van der Waals surface area contributed by atoms with E-state index < -0.39 is 24.1 Å². The van der Waals surface area contributed by atoms with Gasteiger partial charge in [-0.05, 0) is 31.9 Å². The zero-order valence-corrected chi connectivity index (χ0v) is 16.7. The molecule has 2 aromatic heterocycles. The molecule has 3 atom stereocenters. The first-order valence-electron chi connectivity index (χ1n) is 9.51. The number of alkyl halides is 3. The summed E-state index contributed by atoms with van der Waals surface area (Å²) in [5.74, 6) is -3.03. The summed E-state index contributed by atoms with van der Waals surface area (Å²) in [6.45, 7) is 2.61. The monoisotopic (exact) mass is 461 g/mol. The van der Waals surface area contributed by atoms with Crippen LogP contribution in [0.4, 0.5) is 17.6 Å². The highest BCUT2D eigenvalue weighted by Crippen LogP contribution is 2.32. The number of carbonyl (C=O) groups excluding carboxylic acids is 1. The maximum absolute atomic E-state index is 13.9. The molecule has 13 heteroatoms. The minimum atomic E-state index is -5.08. The van der Waals surface area contributed by atoms with Crippen LogP contribution in [0.5, 0.6) is 5.88 Å². The van der Waals surface area contributed by atoms with Crippen molar-refractivity contribution in [2.24, 2.45) is 0 Å². The second-order valence-electron chi connectivity index (χ2n) is 7.07. The lowest BCUT2D eigenvalue weighted by Crippen LogP contribution is -2.44. The molecule has 0 saturated carbocycles. The van der Waals surface area contributed by atoms with Gasteiger partial charge in [0.25, 0.3) is 11.8 Å². The molecule has 0 aromatic carbocycles. The summed E-state index contributed by atoms with van der Waals surface area (Å²) in [6.07, 6.45) is -2.75. The SMILES string of the molecule is Cc1cc(C(=O)N2C[C@@H](Oc3ncccc3F)[C@H]3OCCC[C@H]32)no1.O=C(O)C(F)(F)F. The fraction of sp³-hybridized carbons (Fsp3) is 0.474. The number of aryl methyl sites for hydroxylation is 1. The van der Waals surface area contributed by atoms with E-state index >= 15 is 0 Å². The van der Waals surface area contributed by atoms with Crippen molar-refractivity contribution < 1.29 is 46.3 Å². The van der Waals surface area contributed by atoms with Crippen molar-refractivity contribution in [1.29, 1.82) is 0 Å². The third-order valence-electron chi connectivity index (χ3n) is 4.82. The maximum Gasteiger partial charge on any atom is 0.490 e. The molecule has 2 fully saturated rings. The van der Waals surface area contributed by atoms with Gasteiger partial charge in [0.05, 0.1) is 12.6 Å². The first kappa shape index (κ1) is 23.4. The van der Waals surface area contributed by atoms with Crippen LogP contribution in [0.15, 0.2) is 28.9 Å². The summed E-state index contributed by atoms with van der Waals surface area (Å²) < 4.78 is 62.2. The molecule has 32 heavy (non-hydrogen) atoms. The fourth-order valence-corrected chi connectivity index (χ4v) is 3.46. The standard InChI is InChI=1S/C17H18FN3O4.C2HF3O2/c1-10-8-12(20-25-10)17(22)21-9-14(15-13(21)5-3-7-23-15)24-16-11(18)4-2-6-19-16;3-2(4,5)1(6)7/h2,4,6,8,13-15H,3,5,7,9H2,1H3;(H,6,7)/t13-,14-,15+;/m1./s1. The lowest BCUT2D eigenvalue weighted by atomic mass is 10.0. The van der Waals surface area contributed by atoms with Gasteiger partial charge in [0.1, 0.15) is 18.0 Å². The zero-order chi connectivity index (χ0) is 23.5. The van der Waals surface area contributed by atoms with E-state index in [4.69, 9.17) is 23.9 Å². The number of carbonyl (C=O) groups is 2. The van der Waals surface area contributed by atoms with Crippen molar-refractivity contribution in [3.8, 4) is 5.88 Å². The van der Waals surface area contributed by atoms with Gasteiger partial charge in [-0.15, -0.1) is 0 Å². The predicted molar refractivity (Wildman–Crippen MR) is 97.3 cm³/mol. The van der Waals surface area contributed by atoms with E-state index in [2.05, 4.69) is 10.1 Å². The highest BCUT2D eigenvalue weighted by molar-refractivity contribution is 5.92. The van der Waals surface area contributed by atoms with Crippen molar-refractivity contribution in [1.82, 2.24) is 15.0 Å². The molecule has 2 saturated heterocycles. The molecule has 174 valence electrons. The first-order chi connectivity index (χ1) is 15.1. The van der Waals surface area contributed by atoms with Crippen molar-refractivity contribution in [2.75, 3.05) is 13.2 Å². The van der Waals surface area contributed by atoms with Crippen LogP contribution in [0, 0.1) is 12.7 Å². The second kappa shape index (κ2) is 9.51. The Hall–Kier alpha value is -3.22. The molecule has 2 aliphatic rings. The van der Waals surface area contributed by atoms with E-state index in [0.29, 0.717) is 12.4 Å². The Morgan fingerprint density at radius 2 is 2.06 bits per heavy atom. The largest absolute Gasteiger partial charge is 0.490 e. The molecule has 0 unspecified atom stereocenters. The number of fused-ring (bicyclic) bond motifs is 1. The van der Waals surface area contributed by atoms with Crippen molar-refractivity contribution >= 4 is 11.9 Å². The number of aliphatic carboxylic acids is 1. The highest BCUT2D eigenvalue weighted by Gasteiger charge is 2.48. The van der Waals surface area contributed by atoms with Gasteiger partial charge in [-0.3, -0.25) is 4.79 Å². The average Bonchev–Trinajstić information content (AvgIpc) is 3.33. The van der Waals surface area contributed by atoms with Crippen molar-refractivity contribution in [3.63, 3.8) is 0 Å². The van der Waals surface area contributed by atoms with Gasteiger partial charge < -0.3 is 24.0 Å². The average molecular weight is 461 g/mol. The van der Waals surface area contributed by atoms with Crippen LogP contribution in [0.3, 0.4) is 0 Å². The molecule has 2 aromatic rings. The fourth-order valence-electron chi connectivity index (χ4n) is 3.46. The molecule has 0 aliphatic carbocycles. The number of aromatic nitrogens is 2. The number of carboxylic acids is 1. The quantitative estimate of drug-likeness (QED) is 0.694. The number of ether oxygens (including phenoxy) is 2. The number of halogens is 4. The maximum atomic E-state index is 13.9. The Labute approximate surface area is 178 Å². The minimum Gasteiger partial charge on any atom is -0.475 e. The molecular formula is C19H19F4N3O6. The van der Waals surface area contributed by atoms with Gasteiger partial charge in [-0.2, -0.15) is 13.2 Å². The van der Waals surface area contributed by atoms with Crippen LogP contribution in [-0.4, -0.2) is 69.6 Å². The van der Waals surface area contributed by atoms with Crippen molar-refractivity contribution in [2.45, 2.75) is 44.2 Å². The van der Waals surface area contributed by atoms with Gasteiger partial charge in [0.15, 0.2) is 11.5 Å². The van der Waals surface area contributed by atoms with E-state index in [1.54, 1.807) is 17.9 Å². The lowest BCUT2D eigenvalue weighted by Gasteiger charge is -2.31. The van der Waals surface area contributed by atoms with Gasteiger partial charge in [-0.1, -0.05) is 5.16 Å². The number of nitrogens with zero attached hydrogens (tertiary/aromatic N) is 3. The first-order valence-corrected chi connectivity index (χ1v) is 9.51. The van der Waals surface area contributed by atoms with E-state index in [0.717, 1.165) is 12.8 Å². The summed E-state index contributed by atoms with van der Waals surface area (Å²) in [6, 6.07) is 4.26. The Morgan fingerprint density at radius 1 is 1.34 bits per heavy atom. The van der Waals surface area contributed by atoms with Gasteiger partial charge in [0, 0.05) is 18.9 Å². The van der Waals surface area contributed by atoms with E-state index in [1.807, 2.05) is 0 Å². The van der Waals surface area contributed by atoms with Crippen molar-refractivity contribution in [3.05, 3.63) is 41.7 Å². The molecular weight excluding hydrogens is 442 g/mol. The van der Waals surface area contributed by atoms with Gasteiger partial charge >= 0.3 is 12.1 Å². The summed E-state index contributed by atoms with van der Waals surface area (Å²) in [4.78, 5) is 27.3. The van der Waals surface area contributed by atoms with Crippen LogP contribution in [0.25, 0.3) is 0 Å². The smallest absolute Gasteiger partial charge is 0.475 e. The topological polar surface area (TPSA) is 115 Å². The molecule has 2 aliphatic heterocycles. The normalized spacial score (nSPS) is 22.5. The minimum absolute atomic E-state index is 0.0768. The molecule has 0 spiro atoms. The predicted octanol–water partition coefficient (Wildman–Crippen LogP) is 2.60. The lowest BCUT2D eigenvalue weighted by molar-refractivity contribution is -0.192. The molecule has 4 rings (SSSR count). The van der Waals surface area contributed by atoms with E-state index in [9.17, 15) is 22.4 Å². The van der Waals surface area contributed by atoms with Crippen LogP contribution < -0.4 is 4.74 Å². The molecule has 4 heterocycles. The Bertz CT molecular complexity index is 967. The summed E-state index contributed by atoms with van der Waals surface area (Å²) in [5.41, 5.74) is 0.256.